The van der Waals surface area contributed by atoms with Gasteiger partial charge in [0.25, 0.3) is 0 Å². The van der Waals surface area contributed by atoms with Crippen LogP contribution in [0.3, 0.4) is 0 Å². The zero-order chi connectivity index (χ0) is 11.7. The van der Waals surface area contributed by atoms with E-state index in [1.165, 1.54) is 6.42 Å². The molecular formula is C12H16N4S. The van der Waals surface area contributed by atoms with Crippen LogP contribution in [0.2, 0.25) is 0 Å². The lowest BCUT2D eigenvalue weighted by Gasteiger charge is -2.11. The van der Waals surface area contributed by atoms with Crippen LogP contribution in [0.5, 0.6) is 0 Å². The lowest BCUT2D eigenvalue weighted by molar-refractivity contribution is 0.565. The molecule has 2 atom stereocenters. The molecule has 0 saturated heterocycles. The molecule has 1 aliphatic rings. The second-order valence-electron chi connectivity index (χ2n) is 4.68. The van der Waals surface area contributed by atoms with Crippen LogP contribution in [0.1, 0.15) is 19.3 Å². The van der Waals surface area contributed by atoms with Crippen molar-refractivity contribution < 1.29 is 0 Å². The number of thiophene rings is 1. The monoisotopic (exact) mass is 248 g/mol. The van der Waals surface area contributed by atoms with E-state index in [4.69, 9.17) is 5.73 Å². The first-order chi connectivity index (χ1) is 8.33. The highest BCUT2D eigenvalue weighted by Gasteiger charge is 2.21. The molecule has 2 unspecified atom stereocenters. The van der Waals surface area contributed by atoms with Gasteiger partial charge < -0.3 is 11.1 Å². The van der Waals surface area contributed by atoms with Crippen LogP contribution in [-0.2, 0) is 0 Å². The van der Waals surface area contributed by atoms with Crippen LogP contribution in [0.15, 0.2) is 17.8 Å². The fourth-order valence-electron chi connectivity index (χ4n) is 2.45. The molecule has 2 heterocycles. The first-order valence-corrected chi connectivity index (χ1v) is 6.88. The normalized spacial score (nSPS) is 24.3. The van der Waals surface area contributed by atoms with Crippen molar-refractivity contribution in [2.45, 2.75) is 25.3 Å². The number of hydrogen-bond acceptors (Lipinski definition) is 5. The minimum absolute atomic E-state index is 0.397. The molecular weight excluding hydrogens is 232 g/mol. The second-order valence-corrected chi connectivity index (χ2v) is 5.59. The van der Waals surface area contributed by atoms with Crippen LogP contribution in [0.4, 0.5) is 5.82 Å². The molecule has 4 nitrogen and oxygen atoms in total. The predicted octanol–water partition coefficient (Wildman–Crippen LogP) is 2.23. The Morgan fingerprint density at radius 2 is 2.35 bits per heavy atom. The number of hydrogen-bond donors (Lipinski definition) is 2. The summed E-state index contributed by atoms with van der Waals surface area (Å²) < 4.78 is 1.15. The Kier molecular flexibility index (Phi) is 2.94. The van der Waals surface area contributed by atoms with Gasteiger partial charge in [-0.1, -0.05) is 0 Å². The van der Waals surface area contributed by atoms with Crippen molar-refractivity contribution in [2.24, 2.45) is 11.7 Å². The van der Waals surface area contributed by atoms with Crippen LogP contribution in [0, 0.1) is 5.92 Å². The van der Waals surface area contributed by atoms with Gasteiger partial charge >= 0.3 is 0 Å². The van der Waals surface area contributed by atoms with Crippen molar-refractivity contribution in [3.63, 3.8) is 0 Å². The summed E-state index contributed by atoms with van der Waals surface area (Å²) in [5.41, 5.74) is 6.94. The summed E-state index contributed by atoms with van der Waals surface area (Å²) in [5, 5.41) is 5.49. The van der Waals surface area contributed by atoms with Crippen molar-refractivity contribution in [1.29, 1.82) is 0 Å². The quantitative estimate of drug-likeness (QED) is 0.874. The average molecular weight is 248 g/mol. The van der Waals surface area contributed by atoms with Crippen LogP contribution in [0.25, 0.3) is 10.2 Å². The van der Waals surface area contributed by atoms with Crippen LogP contribution >= 0.6 is 11.3 Å². The predicted molar refractivity (Wildman–Crippen MR) is 71.2 cm³/mol. The standard InChI is InChI=1S/C12H16N4S/c13-9-2-1-8(5-9)6-14-12-11-10(3-4-17-11)15-7-16-12/h3-4,7-9H,1-2,5-6,13H2,(H,14,15,16). The van der Waals surface area contributed by atoms with Crippen LogP contribution < -0.4 is 11.1 Å². The maximum Gasteiger partial charge on any atom is 0.147 e. The highest BCUT2D eigenvalue weighted by molar-refractivity contribution is 7.17. The molecule has 0 aliphatic heterocycles. The van der Waals surface area contributed by atoms with Crippen molar-refractivity contribution in [3.8, 4) is 0 Å². The van der Waals surface area contributed by atoms with E-state index in [0.717, 1.165) is 35.4 Å². The number of rotatable bonds is 3. The third kappa shape index (κ3) is 2.25. The van der Waals surface area contributed by atoms with E-state index >= 15 is 0 Å². The van der Waals surface area contributed by atoms with Gasteiger partial charge in [0, 0.05) is 12.6 Å². The molecule has 2 aromatic heterocycles. The summed E-state index contributed by atoms with van der Waals surface area (Å²) in [5.74, 6) is 1.65. The topological polar surface area (TPSA) is 63.8 Å². The molecule has 1 aliphatic carbocycles. The summed E-state index contributed by atoms with van der Waals surface area (Å²) in [6, 6.07) is 2.42. The SMILES string of the molecule is NC1CCC(CNc2ncnc3ccsc23)C1. The minimum atomic E-state index is 0.397. The smallest absolute Gasteiger partial charge is 0.147 e. The highest BCUT2D eigenvalue weighted by atomic mass is 32.1. The fourth-order valence-corrected chi connectivity index (χ4v) is 3.27. The first-order valence-electron chi connectivity index (χ1n) is 6.00. The largest absolute Gasteiger partial charge is 0.369 e. The number of nitrogens with one attached hydrogen (secondary N) is 1. The highest BCUT2D eigenvalue weighted by Crippen LogP contribution is 2.27. The van der Waals surface area contributed by atoms with Crippen molar-refractivity contribution >= 4 is 27.4 Å². The van der Waals surface area contributed by atoms with E-state index in [9.17, 15) is 0 Å². The van der Waals surface area contributed by atoms with E-state index in [-0.39, 0.29) is 0 Å². The Morgan fingerprint density at radius 3 is 3.18 bits per heavy atom. The maximum atomic E-state index is 5.92. The Hall–Kier alpha value is -1.20. The molecule has 1 saturated carbocycles. The Balaban J connectivity index is 1.70. The zero-order valence-corrected chi connectivity index (χ0v) is 10.4. The molecule has 3 N–H and O–H groups in total. The summed E-state index contributed by atoms with van der Waals surface area (Å²) >= 11 is 1.68. The van der Waals surface area contributed by atoms with E-state index in [1.807, 2.05) is 6.07 Å². The maximum absolute atomic E-state index is 5.92. The van der Waals surface area contributed by atoms with E-state index < -0.39 is 0 Å². The fraction of sp³-hybridized carbons (Fsp3) is 0.500. The molecule has 0 amide bonds. The summed E-state index contributed by atoms with van der Waals surface area (Å²) in [6.07, 6.45) is 5.14. The number of nitrogens with two attached hydrogens (primary N) is 1. The zero-order valence-electron chi connectivity index (χ0n) is 9.60. The van der Waals surface area contributed by atoms with Gasteiger partial charge in [-0.2, -0.15) is 0 Å². The Labute approximate surface area is 104 Å². The molecule has 2 aromatic rings. The third-order valence-corrected chi connectivity index (χ3v) is 4.29. The first kappa shape index (κ1) is 10.9. The van der Waals surface area contributed by atoms with Crippen molar-refractivity contribution in [3.05, 3.63) is 17.8 Å². The van der Waals surface area contributed by atoms with Crippen molar-refractivity contribution in [1.82, 2.24) is 9.97 Å². The number of fused-ring (bicyclic) bond motifs is 1. The second kappa shape index (κ2) is 4.58. The molecule has 1 fully saturated rings. The summed E-state index contributed by atoms with van der Waals surface area (Å²) in [7, 11) is 0. The molecule has 90 valence electrons. The van der Waals surface area contributed by atoms with E-state index in [2.05, 4.69) is 20.7 Å². The van der Waals surface area contributed by atoms with Gasteiger partial charge in [0.2, 0.25) is 0 Å². The van der Waals surface area contributed by atoms with Gasteiger partial charge in [0.15, 0.2) is 0 Å². The number of nitrogens with zero attached hydrogens (tertiary/aromatic N) is 2. The summed E-state index contributed by atoms with van der Waals surface area (Å²) in [4.78, 5) is 8.55. The van der Waals surface area contributed by atoms with Gasteiger partial charge in [0.05, 0.1) is 10.2 Å². The van der Waals surface area contributed by atoms with Gasteiger partial charge in [-0.05, 0) is 36.6 Å². The molecule has 0 radical (unpaired) electrons. The van der Waals surface area contributed by atoms with Gasteiger partial charge in [-0.3, -0.25) is 0 Å². The molecule has 17 heavy (non-hydrogen) atoms. The molecule has 0 aromatic carbocycles. The van der Waals surface area contributed by atoms with Crippen molar-refractivity contribution in [2.75, 3.05) is 11.9 Å². The molecule has 5 heteroatoms. The number of aromatic nitrogens is 2. The van der Waals surface area contributed by atoms with Gasteiger partial charge in [-0.15, -0.1) is 11.3 Å². The Morgan fingerprint density at radius 1 is 1.41 bits per heavy atom. The van der Waals surface area contributed by atoms with E-state index in [1.54, 1.807) is 17.7 Å². The molecule has 0 spiro atoms. The summed E-state index contributed by atoms with van der Waals surface area (Å²) in [6.45, 7) is 0.970. The lowest BCUT2D eigenvalue weighted by Crippen LogP contribution is -2.18. The van der Waals surface area contributed by atoms with Gasteiger partial charge in [-0.25, -0.2) is 9.97 Å². The van der Waals surface area contributed by atoms with Gasteiger partial charge in [0.1, 0.15) is 12.1 Å². The molecule has 3 rings (SSSR count). The Bertz CT molecular complexity index is 510. The lowest BCUT2D eigenvalue weighted by atomic mass is 10.1. The van der Waals surface area contributed by atoms with E-state index in [0.29, 0.717) is 12.0 Å². The van der Waals surface area contributed by atoms with Crippen LogP contribution in [-0.4, -0.2) is 22.6 Å². The molecule has 0 bridgehead atoms. The third-order valence-electron chi connectivity index (χ3n) is 3.38. The average Bonchev–Trinajstić information content (AvgIpc) is 2.94. The minimum Gasteiger partial charge on any atom is -0.369 e. The number of anilines is 1.